The van der Waals surface area contributed by atoms with Crippen LogP contribution in [0, 0.1) is 0 Å². The van der Waals surface area contributed by atoms with E-state index in [0.29, 0.717) is 0 Å². The van der Waals surface area contributed by atoms with Gasteiger partial charge in [0.2, 0.25) is 0 Å². The number of nitrogens with two attached hydrogens (primary N) is 1. The van der Waals surface area contributed by atoms with Gasteiger partial charge in [0.15, 0.2) is 6.10 Å². The Balaban J connectivity index is 4.08. The predicted octanol–water partition coefficient (Wildman–Crippen LogP) is -0.742. The van der Waals surface area contributed by atoms with Gasteiger partial charge in [-0.25, -0.2) is 4.79 Å². The van der Waals surface area contributed by atoms with Crippen LogP contribution in [0.5, 0.6) is 0 Å². The summed E-state index contributed by atoms with van der Waals surface area (Å²) < 4.78 is 4.27. The minimum atomic E-state index is -1.25. The van der Waals surface area contributed by atoms with Crippen molar-refractivity contribution in [2.45, 2.75) is 25.5 Å². The predicted molar refractivity (Wildman–Crippen MR) is 36.3 cm³/mol. The van der Waals surface area contributed by atoms with E-state index in [1.807, 2.05) is 0 Å². The fourth-order valence-electron chi connectivity index (χ4n) is 0.415. The number of aliphatic hydroxyl groups excluding tert-OH is 1. The van der Waals surface area contributed by atoms with Gasteiger partial charge < -0.3 is 15.6 Å². The monoisotopic (exact) mass is 147 g/mol. The quantitative estimate of drug-likeness (QED) is 0.504. The van der Waals surface area contributed by atoms with Crippen LogP contribution in [0.4, 0.5) is 0 Å². The summed E-state index contributed by atoms with van der Waals surface area (Å²) >= 11 is 0. The average Bonchev–Trinajstić information content (AvgIpc) is 1.83. The molecule has 60 valence electrons. The van der Waals surface area contributed by atoms with Crippen LogP contribution in [0.1, 0.15) is 13.8 Å². The summed E-state index contributed by atoms with van der Waals surface area (Å²) in [4.78, 5) is 10.6. The second-order valence-electron chi connectivity index (χ2n) is 2.75. The third-order valence-corrected chi connectivity index (χ3v) is 1.13. The van der Waals surface area contributed by atoms with E-state index < -0.39 is 17.6 Å². The highest BCUT2D eigenvalue weighted by Gasteiger charge is 2.30. The van der Waals surface area contributed by atoms with Crippen molar-refractivity contribution in [3.63, 3.8) is 0 Å². The van der Waals surface area contributed by atoms with E-state index in [-0.39, 0.29) is 0 Å². The molecule has 0 aromatic heterocycles. The molecule has 4 heteroatoms. The number of carbonyl (C=O) groups is 1. The zero-order valence-electron chi connectivity index (χ0n) is 6.42. The van der Waals surface area contributed by atoms with E-state index in [1.165, 1.54) is 7.11 Å². The van der Waals surface area contributed by atoms with Gasteiger partial charge in [-0.2, -0.15) is 0 Å². The van der Waals surface area contributed by atoms with Crippen LogP contribution in [0.2, 0.25) is 0 Å². The first-order valence-electron chi connectivity index (χ1n) is 2.94. The fraction of sp³-hybridized carbons (Fsp3) is 0.833. The van der Waals surface area contributed by atoms with Crippen LogP contribution in [0.15, 0.2) is 0 Å². The summed E-state index contributed by atoms with van der Waals surface area (Å²) in [6, 6.07) is 0. The van der Waals surface area contributed by atoms with Gasteiger partial charge in [0, 0.05) is 5.54 Å². The second-order valence-corrected chi connectivity index (χ2v) is 2.75. The number of ether oxygens (including phenoxy) is 1. The van der Waals surface area contributed by atoms with Crippen molar-refractivity contribution in [1.82, 2.24) is 0 Å². The van der Waals surface area contributed by atoms with Crippen LogP contribution in [-0.2, 0) is 9.53 Å². The lowest BCUT2D eigenvalue weighted by Crippen LogP contribution is -2.49. The third-order valence-electron chi connectivity index (χ3n) is 1.13. The fourth-order valence-corrected chi connectivity index (χ4v) is 0.415. The van der Waals surface area contributed by atoms with Gasteiger partial charge in [0.1, 0.15) is 0 Å². The summed E-state index contributed by atoms with van der Waals surface area (Å²) in [5.74, 6) is -0.701. The zero-order valence-corrected chi connectivity index (χ0v) is 6.42. The van der Waals surface area contributed by atoms with E-state index >= 15 is 0 Å². The lowest BCUT2D eigenvalue weighted by molar-refractivity contribution is -0.153. The molecular formula is C6H13NO3. The Labute approximate surface area is 60.0 Å². The first-order valence-corrected chi connectivity index (χ1v) is 2.94. The number of aliphatic hydroxyl groups is 1. The maximum absolute atomic E-state index is 10.6. The highest BCUT2D eigenvalue weighted by atomic mass is 16.5. The number of rotatable bonds is 2. The summed E-state index contributed by atoms with van der Waals surface area (Å²) in [6.07, 6.45) is -1.25. The molecule has 0 fully saturated rings. The largest absolute Gasteiger partial charge is 0.467 e. The highest BCUT2D eigenvalue weighted by molar-refractivity contribution is 5.75. The maximum atomic E-state index is 10.6. The van der Waals surface area contributed by atoms with Gasteiger partial charge in [0.05, 0.1) is 7.11 Å². The molecule has 0 rings (SSSR count). The zero-order chi connectivity index (χ0) is 8.36. The molecule has 4 nitrogen and oxygen atoms in total. The van der Waals surface area contributed by atoms with Crippen molar-refractivity contribution in [1.29, 1.82) is 0 Å². The first-order chi connectivity index (χ1) is 4.39. The molecule has 0 aliphatic heterocycles. The molecule has 0 saturated carbocycles. The summed E-state index contributed by atoms with van der Waals surface area (Å²) in [5, 5.41) is 9.05. The Bertz CT molecular complexity index is 127. The molecule has 0 aromatic rings. The van der Waals surface area contributed by atoms with Crippen molar-refractivity contribution in [3.8, 4) is 0 Å². The van der Waals surface area contributed by atoms with Gasteiger partial charge in [-0.3, -0.25) is 0 Å². The van der Waals surface area contributed by atoms with Gasteiger partial charge in [-0.1, -0.05) is 0 Å². The molecule has 0 heterocycles. The number of esters is 1. The van der Waals surface area contributed by atoms with Crippen molar-refractivity contribution < 1.29 is 14.6 Å². The molecule has 0 radical (unpaired) electrons. The Morgan fingerprint density at radius 3 is 2.20 bits per heavy atom. The molecule has 0 saturated heterocycles. The summed E-state index contributed by atoms with van der Waals surface area (Å²) in [5.41, 5.74) is 4.47. The van der Waals surface area contributed by atoms with Crippen LogP contribution in [-0.4, -0.2) is 29.8 Å². The SMILES string of the molecule is COC(=O)C(O)C(C)(C)N. The van der Waals surface area contributed by atoms with Crippen molar-refractivity contribution in [2.24, 2.45) is 5.73 Å². The molecule has 0 aliphatic rings. The number of methoxy groups -OCH3 is 1. The van der Waals surface area contributed by atoms with E-state index in [1.54, 1.807) is 13.8 Å². The molecule has 10 heavy (non-hydrogen) atoms. The molecule has 0 bridgehead atoms. The van der Waals surface area contributed by atoms with Crippen LogP contribution in [0.25, 0.3) is 0 Å². The van der Waals surface area contributed by atoms with Crippen LogP contribution in [0.3, 0.4) is 0 Å². The first kappa shape index (κ1) is 9.39. The van der Waals surface area contributed by atoms with Gasteiger partial charge in [-0.05, 0) is 13.8 Å². The van der Waals surface area contributed by atoms with Gasteiger partial charge in [-0.15, -0.1) is 0 Å². The highest BCUT2D eigenvalue weighted by Crippen LogP contribution is 2.05. The molecule has 0 aliphatic carbocycles. The van der Waals surface area contributed by atoms with E-state index in [4.69, 9.17) is 10.8 Å². The summed E-state index contributed by atoms with van der Waals surface area (Å²) in [7, 11) is 1.21. The van der Waals surface area contributed by atoms with Gasteiger partial charge >= 0.3 is 5.97 Å². The lowest BCUT2D eigenvalue weighted by atomic mass is 9.99. The Hall–Kier alpha value is -0.610. The molecule has 1 unspecified atom stereocenters. The second kappa shape index (κ2) is 2.98. The number of carbonyl (C=O) groups excluding carboxylic acids is 1. The normalized spacial score (nSPS) is 14.5. The van der Waals surface area contributed by atoms with Crippen LogP contribution >= 0.6 is 0 Å². The minimum Gasteiger partial charge on any atom is -0.467 e. The van der Waals surface area contributed by atoms with Crippen molar-refractivity contribution >= 4 is 5.97 Å². The molecular weight excluding hydrogens is 134 g/mol. The lowest BCUT2D eigenvalue weighted by Gasteiger charge is -2.22. The van der Waals surface area contributed by atoms with Crippen LogP contribution < -0.4 is 5.73 Å². The standard InChI is InChI=1S/C6H13NO3/c1-6(2,7)4(8)5(9)10-3/h4,8H,7H2,1-3H3. The maximum Gasteiger partial charge on any atom is 0.336 e. The van der Waals surface area contributed by atoms with Crippen molar-refractivity contribution in [3.05, 3.63) is 0 Å². The topological polar surface area (TPSA) is 72.5 Å². The van der Waals surface area contributed by atoms with E-state index in [9.17, 15) is 4.79 Å². The van der Waals surface area contributed by atoms with Gasteiger partial charge in [0.25, 0.3) is 0 Å². The van der Waals surface area contributed by atoms with Crippen molar-refractivity contribution in [2.75, 3.05) is 7.11 Å². The van der Waals surface area contributed by atoms with E-state index in [0.717, 1.165) is 0 Å². The molecule has 3 N–H and O–H groups in total. The Kier molecular flexibility index (Phi) is 2.80. The van der Waals surface area contributed by atoms with E-state index in [2.05, 4.69) is 4.74 Å². The Morgan fingerprint density at radius 1 is 1.70 bits per heavy atom. The number of hydrogen-bond donors (Lipinski definition) is 2. The minimum absolute atomic E-state index is 0.701. The number of hydrogen-bond acceptors (Lipinski definition) is 4. The smallest absolute Gasteiger partial charge is 0.336 e. The molecule has 1 atom stereocenters. The molecule has 0 aromatic carbocycles. The Morgan fingerprint density at radius 2 is 2.10 bits per heavy atom. The molecule has 0 amide bonds. The summed E-state index contributed by atoms with van der Waals surface area (Å²) in [6.45, 7) is 3.10. The average molecular weight is 147 g/mol. The third kappa shape index (κ3) is 2.33. The molecule has 0 spiro atoms.